The maximum Gasteiger partial charge on any atom is 0.268 e. The smallest absolute Gasteiger partial charge is 0.268 e. The van der Waals surface area contributed by atoms with E-state index in [9.17, 15) is 4.79 Å². The van der Waals surface area contributed by atoms with Gasteiger partial charge >= 0.3 is 0 Å². The number of nitrogens with zero attached hydrogens (tertiary/aromatic N) is 3. The van der Waals surface area contributed by atoms with Crippen molar-refractivity contribution < 1.29 is 9.32 Å². The van der Waals surface area contributed by atoms with Crippen molar-refractivity contribution >= 4 is 22.9 Å². The molecule has 1 aromatic carbocycles. The van der Waals surface area contributed by atoms with Crippen molar-refractivity contribution in [1.29, 1.82) is 0 Å². The van der Waals surface area contributed by atoms with E-state index >= 15 is 0 Å². The van der Waals surface area contributed by atoms with Gasteiger partial charge in [-0.15, -0.1) is 11.3 Å². The summed E-state index contributed by atoms with van der Waals surface area (Å²) in [6, 6.07) is 10.4. The zero-order valence-electron chi connectivity index (χ0n) is 16.0. The highest BCUT2D eigenvalue weighted by Crippen LogP contribution is 2.36. The summed E-state index contributed by atoms with van der Waals surface area (Å²) in [7, 11) is 0. The number of hydrogen-bond acceptors (Lipinski definition) is 5. The first-order valence-corrected chi connectivity index (χ1v) is 10.9. The molecule has 1 unspecified atom stereocenters. The molecule has 0 radical (unpaired) electrons. The van der Waals surface area contributed by atoms with Crippen molar-refractivity contribution in [3.63, 3.8) is 0 Å². The first-order chi connectivity index (χ1) is 13.7. The zero-order valence-corrected chi connectivity index (χ0v) is 16.8. The Morgan fingerprint density at radius 2 is 2.04 bits per heavy atom. The van der Waals surface area contributed by atoms with Gasteiger partial charge in [-0.25, -0.2) is 0 Å². The van der Waals surface area contributed by atoms with Crippen molar-refractivity contribution in [1.82, 2.24) is 10.1 Å². The number of aryl methyl sites for hydroxylation is 3. The monoisotopic (exact) mass is 393 g/mol. The summed E-state index contributed by atoms with van der Waals surface area (Å²) in [6.45, 7) is 2.73. The number of hydrogen-bond donors (Lipinski definition) is 0. The van der Waals surface area contributed by atoms with Crippen LogP contribution in [-0.2, 0) is 24.1 Å². The Kier molecular flexibility index (Phi) is 4.51. The van der Waals surface area contributed by atoms with Crippen LogP contribution >= 0.6 is 11.3 Å². The van der Waals surface area contributed by atoms with Crippen molar-refractivity contribution in [2.24, 2.45) is 0 Å². The van der Waals surface area contributed by atoms with E-state index in [4.69, 9.17) is 4.52 Å². The molecule has 0 saturated carbocycles. The van der Waals surface area contributed by atoms with E-state index in [-0.39, 0.29) is 11.8 Å². The Balaban J connectivity index is 1.34. The summed E-state index contributed by atoms with van der Waals surface area (Å²) in [6.07, 6.45) is 6.25. The van der Waals surface area contributed by atoms with E-state index in [0.29, 0.717) is 24.7 Å². The second kappa shape index (κ2) is 7.17. The molecule has 0 N–H and O–H groups in total. The lowest BCUT2D eigenvalue weighted by atomic mass is 9.99. The molecule has 28 heavy (non-hydrogen) atoms. The van der Waals surface area contributed by atoms with Crippen LogP contribution in [0.2, 0.25) is 0 Å². The van der Waals surface area contributed by atoms with Crippen LogP contribution in [0, 0.1) is 0 Å². The van der Waals surface area contributed by atoms with Crippen LogP contribution in [0.1, 0.15) is 53.9 Å². The van der Waals surface area contributed by atoms with Crippen molar-refractivity contribution in [3.8, 4) is 10.8 Å². The quantitative estimate of drug-likeness (QED) is 0.641. The summed E-state index contributed by atoms with van der Waals surface area (Å²) < 4.78 is 5.57. The topological polar surface area (TPSA) is 59.2 Å². The molecular formula is C22H23N3O2S. The number of fused-ring (bicyclic) bond motifs is 1. The number of aromatic nitrogens is 2. The van der Waals surface area contributed by atoms with E-state index in [1.807, 2.05) is 17.0 Å². The summed E-state index contributed by atoms with van der Waals surface area (Å²) in [5.41, 5.74) is 3.65. The third-order valence-corrected chi connectivity index (χ3v) is 7.02. The maximum absolute atomic E-state index is 12.6. The lowest BCUT2D eigenvalue weighted by molar-refractivity contribution is -0.117. The molecule has 3 heterocycles. The van der Waals surface area contributed by atoms with Gasteiger partial charge in [-0.2, -0.15) is 4.98 Å². The predicted octanol–water partition coefficient (Wildman–Crippen LogP) is 4.76. The van der Waals surface area contributed by atoms with Crippen LogP contribution in [0.4, 0.5) is 5.69 Å². The minimum Gasteiger partial charge on any atom is -0.333 e. The van der Waals surface area contributed by atoms with Gasteiger partial charge in [-0.3, -0.25) is 4.79 Å². The Hall–Kier alpha value is -2.47. The van der Waals surface area contributed by atoms with Crippen molar-refractivity contribution in [3.05, 3.63) is 52.2 Å². The third-order valence-electron chi connectivity index (χ3n) is 5.80. The lowest BCUT2D eigenvalue weighted by Gasteiger charge is -2.16. The fourth-order valence-electron chi connectivity index (χ4n) is 4.14. The van der Waals surface area contributed by atoms with Crippen molar-refractivity contribution in [2.45, 2.75) is 51.4 Å². The van der Waals surface area contributed by atoms with Gasteiger partial charge in [0.15, 0.2) is 5.82 Å². The Morgan fingerprint density at radius 1 is 1.21 bits per heavy atom. The predicted molar refractivity (Wildman–Crippen MR) is 110 cm³/mol. The molecule has 1 atom stereocenters. The third kappa shape index (κ3) is 3.15. The van der Waals surface area contributed by atoms with E-state index in [1.165, 1.54) is 28.8 Å². The van der Waals surface area contributed by atoms with Crippen LogP contribution in [-0.4, -0.2) is 22.6 Å². The van der Waals surface area contributed by atoms with Gasteiger partial charge in [0.05, 0.1) is 4.88 Å². The van der Waals surface area contributed by atoms with Crippen LogP contribution in [0.5, 0.6) is 0 Å². The van der Waals surface area contributed by atoms with Gasteiger partial charge < -0.3 is 9.42 Å². The fourth-order valence-corrected chi connectivity index (χ4v) is 5.31. The van der Waals surface area contributed by atoms with Crippen LogP contribution in [0.15, 0.2) is 34.9 Å². The highest BCUT2D eigenvalue weighted by Gasteiger charge is 2.34. The molecule has 2 aromatic heterocycles. The molecule has 5 rings (SSSR count). The van der Waals surface area contributed by atoms with Crippen LogP contribution in [0.3, 0.4) is 0 Å². The molecule has 1 aliphatic carbocycles. The summed E-state index contributed by atoms with van der Waals surface area (Å²) in [5, 5.41) is 4.21. The average Bonchev–Trinajstić information content (AvgIpc) is 3.45. The molecule has 1 fully saturated rings. The molecule has 0 spiro atoms. The van der Waals surface area contributed by atoms with E-state index in [0.717, 1.165) is 29.8 Å². The molecule has 1 amide bonds. The minimum atomic E-state index is -0.0227. The molecule has 1 saturated heterocycles. The fraction of sp³-hybridized carbons (Fsp3) is 0.409. The molecule has 6 heteroatoms. The number of thiophene rings is 1. The number of rotatable bonds is 4. The molecule has 2 aliphatic rings. The number of benzene rings is 1. The van der Waals surface area contributed by atoms with E-state index in [1.54, 1.807) is 11.3 Å². The molecule has 1 aliphatic heterocycles. The molecular weight excluding hydrogens is 370 g/mol. The minimum absolute atomic E-state index is 0.0227. The second-order valence-corrected chi connectivity index (χ2v) is 8.79. The van der Waals surface area contributed by atoms with Gasteiger partial charge in [0.2, 0.25) is 5.91 Å². The van der Waals surface area contributed by atoms with Gasteiger partial charge in [0.1, 0.15) is 0 Å². The molecule has 0 bridgehead atoms. The van der Waals surface area contributed by atoms with Gasteiger partial charge in [-0.1, -0.05) is 24.2 Å². The molecule has 144 valence electrons. The van der Waals surface area contributed by atoms with Crippen molar-refractivity contribution in [2.75, 3.05) is 11.4 Å². The maximum atomic E-state index is 12.6. The largest absolute Gasteiger partial charge is 0.333 e. The van der Waals surface area contributed by atoms with Crippen LogP contribution in [0.25, 0.3) is 10.8 Å². The summed E-state index contributed by atoms with van der Waals surface area (Å²) in [5.74, 6) is 1.33. The number of carbonyl (C=O) groups is 1. The highest BCUT2D eigenvalue weighted by molar-refractivity contribution is 7.15. The summed E-state index contributed by atoms with van der Waals surface area (Å²) >= 11 is 1.77. The van der Waals surface area contributed by atoms with E-state index < -0.39 is 0 Å². The van der Waals surface area contributed by atoms with Gasteiger partial charge in [0.25, 0.3) is 5.89 Å². The number of amides is 1. The van der Waals surface area contributed by atoms with Crippen LogP contribution < -0.4 is 4.90 Å². The Morgan fingerprint density at radius 3 is 2.82 bits per heavy atom. The second-order valence-electron chi connectivity index (χ2n) is 7.65. The Labute approximate surface area is 168 Å². The number of carbonyl (C=O) groups excluding carboxylic acids is 1. The first-order valence-electron chi connectivity index (χ1n) is 10.1. The summed E-state index contributed by atoms with van der Waals surface area (Å²) in [4.78, 5) is 21.6. The average molecular weight is 394 g/mol. The SMILES string of the molecule is CCc1ccc(N2CC(c3noc(-c4cc5c(s4)CCCC5)n3)CC2=O)cc1. The Bertz CT molecular complexity index is 982. The van der Waals surface area contributed by atoms with E-state index in [2.05, 4.69) is 35.3 Å². The van der Waals surface area contributed by atoms with Gasteiger partial charge in [0, 0.05) is 29.4 Å². The standard InChI is InChI=1S/C22H23N3O2S/c1-2-14-7-9-17(10-8-14)25-13-16(12-20(25)26)21-23-22(27-24-21)19-11-15-5-3-4-6-18(15)28-19/h7-11,16H,2-6,12-13H2,1H3. The highest BCUT2D eigenvalue weighted by atomic mass is 32.1. The molecule has 3 aromatic rings. The zero-order chi connectivity index (χ0) is 19.1. The number of anilines is 1. The molecule has 5 nitrogen and oxygen atoms in total. The first kappa shape index (κ1) is 17.6. The normalized spacial score (nSPS) is 19.2. The van der Waals surface area contributed by atoms with Gasteiger partial charge in [-0.05, 0) is 61.4 Å². The lowest BCUT2D eigenvalue weighted by Crippen LogP contribution is -2.24.